The van der Waals surface area contributed by atoms with E-state index in [1.165, 1.54) is 36.4 Å². The first kappa shape index (κ1) is 14.1. The quantitative estimate of drug-likeness (QED) is 0.931. The number of hydrogen-bond donors (Lipinski definition) is 1. The molecule has 0 saturated heterocycles. The van der Waals surface area contributed by atoms with E-state index in [-0.39, 0.29) is 20.6 Å². The summed E-state index contributed by atoms with van der Waals surface area (Å²) in [4.78, 5) is -0.204. The standard InChI is InChI=1S/C12H8Cl2FNO2S/c13-8-4-3-7-11(12(8)14)19(17,18)16-10-6-2-1-5-9(10)15/h1-7,16H. The van der Waals surface area contributed by atoms with Gasteiger partial charge in [0.05, 0.1) is 15.7 Å². The Labute approximate surface area is 120 Å². The summed E-state index contributed by atoms with van der Waals surface area (Å²) >= 11 is 11.6. The molecule has 3 nitrogen and oxygen atoms in total. The van der Waals surface area contributed by atoms with E-state index < -0.39 is 15.8 Å². The Morgan fingerprint density at radius 1 is 1.00 bits per heavy atom. The van der Waals surface area contributed by atoms with Crippen molar-refractivity contribution in [3.8, 4) is 0 Å². The van der Waals surface area contributed by atoms with Crippen LogP contribution in [0.5, 0.6) is 0 Å². The van der Waals surface area contributed by atoms with E-state index in [4.69, 9.17) is 23.2 Å². The van der Waals surface area contributed by atoms with Gasteiger partial charge in [-0.05, 0) is 24.3 Å². The van der Waals surface area contributed by atoms with Gasteiger partial charge in [-0.3, -0.25) is 4.72 Å². The van der Waals surface area contributed by atoms with Gasteiger partial charge in [-0.1, -0.05) is 41.4 Å². The summed E-state index contributed by atoms with van der Waals surface area (Å²) in [6.45, 7) is 0. The van der Waals surface area contributed by atoms with Crippen LogP contribution < -0.4 is 4.72 Å². The van der Waals surface area contributed by atoms with E-state index >= 15 is 0 Å². The van der Waals surface area contributed by atoms with E-state index in [0.717, 1.165) is 6.07 Å². The zero-order valence-electron chi connectivity index (χ0n) is 9.40. The minimum Gasteiger partial charge on any atom is -0.277 e. The van der Waals surface area contributed by atoms with E-state index in [2.05, 4.69) is 4.72 Å². The molecule has 0 aliphatic carbocycles. The smallest absolute Gasteiger partial charge is 0.263 e. The molecule has 0 aliphatic heterocycles. The van der Waals surface area contributed by atoms with Crippen LogP contribution in [0.2, 0.25) is 10.0 Å². The molecule has 2 aromatic rings. The Morgan fingerprint density at radius 2 is 1.68 bits per heavy atom. The van der Waals surface area contributed by atoms with Crippen molar-refractivity contribution in [1.82, 2.24) is 0 Å². The summed E-state index contributed by atoms with van der Waals surface area (Å²) < 4.78 is 39.8. The van der Waals surface area contributed by atoms with Crippen LogP contribution in [0.4, 0.5) is 10.1 Å². The third kappa shape index (κ3) is 3.00. The van der Waals surface area contributed by atoms with Gasteiger partial charge in [0, 0.05) is 0 Å². The molecule has 0 aromatic heterocycles. The van der Waals surface area contributed by atoms with E-state index in [9.17, 15) is 12.8 Å². The number of anilines is 1. The first-order valence-electron chi connectivity index (χ1n) is 5.13. The maximum absolute atomic E-state index is 13.4. The number of sulfonamides is 1. The maximum atomic E-state index is 13.4. The second-order valence-electron chi connectivity index (χ2n) is 3.64. The van der Waals surface area contributed by atoms with Gasteiger partial charge >= 0.3 is 0 Å². The molecule has 2 aromatic carbocycles. The first-order chi connectivity index (χ1) is 8.92. The van der Waals surface area contributed by atoms with Crippen molar-refractivity contribution in [3.05, 3.63) is 58.3 Å². The molecular weight excluding hydrogens is 312 g/mol. The van der Waals surface area contributed by atoms with Crippen molar-refractivity contribution >= 4 is 38.9 Å². The van der Waals surface area contributed by atoms with Gasteiger partial charge < -0.3 is 0 Å². The molecule has 100 valence electrons. The van der Waals surface area contributed by atoms with Crippen LogP contribution in [-0.2, 0) is 10.0 Å². The van der Waals surface area contributed by atoms with Crippen LogP contribution in [0.1, 0.15) is 0 Å². The van der Waals surface area contributed by atoms with Crippen molar-refractivity contribution < 1.29 is 12.8 Å². The topological polar surface area (TPSA) is 46.2 Å². The van der Waals surface area contributed by atoms with Crippen LogP contribution in [0.15, 0.2) is 47.4 Å². The number of halogens is 3. The highest BCUT2D eigenvalue weighted by Crippen LogP contribution is 2.30. The second kappa shape index (κ2) is 5.36. The van der Waals surface area contributed by atoms with Crippen LogP contribution >= 0.6 is 23.2 Å². The molecule has 1 N–H and O–H groups in total. The zero-order chi connectivity index (χ0) is 14.0. The monoisotopic (exact) mass is 319 g/mol. The van der Waals surface area contributed by atoms with Gasteiger partial charge in [0.2, 0.25) is 0 Å². The minimum atomic E-state index is -4.00. The molecule has 19 heavy (non-hydrogen) atoms. The highest BCUT2D eigenvalue weighted by Gasteiger charge is 2.20. The molecule has 0 spiro atoms. The van der Waals surface area contributed by atoms with Crippen LogP contribution in [0, 0.1) is 5.82 Å². The Hall–Kier alpha value is -1.30. The van der Waals surface area contributed by atoms with Crippen LogP contribution in [-0.4, -0.2) is 8.42 Å². The number of hydrogen-bond acceptors (Lipinski definition) is 2. The minimum absolute atomic E-state index is 0.104. The van der Waals surface area contributed by atoms with Crippen molar-refractivity contribution in [2.45, 2.75) is 4.90 Å². The molecule has 0 amide bonds. The van der Waals surface area contributed by atoms with Crippen molar-refractivity contribution in [1.29, 1.82) is 0 Å². The molecule has 0 fully saturated rings. The van der Waals surface area contributed by atoms with Crippen molar-refractivity contribution in [2.24, 2.45) is 0 Å². The van der Waals surface area contributed by atoms with Crippen LogP contribution in [0.25, 0.3) is 0 Å². The average molecular weight is 320 g/mol. The van der Waals surface area contributed by atoms with Gasteiger partial charge in [-0.25, -0.2) is 12.8 Å². The lowest BCUT2D eigenvalue weighted by molar-refractivity contribution is 0.598. The molecule has 0 saturated carbocycles. The summed E-state index contributed by atoms with van der Waals surface area (Å²) in [6, 6.07) is 9.64. The SMILES string of the molecule is O=S(=O)(Nc1ccccc1F)c1cccc(Cl)c1Cl. The predicted molar refractivity (Wildman–Crippen MR) is 73.7 cm³/mol. The van der Waals surface area contributed by atoms with E-state index in [1.807, 2.05) is 0 Å². The maximum Gasteiger partial charge on any atom is 0.263 e. The molecule has 0 bridgehead atoms. The number of para-hydroxylation sites is 1. The van der Waals surface area contributed by atoms with Gasteiger partial charge in [-0.15, -0.1) is 0 Å². The molecular formula is C12H8Cl2FNO2S. The van der Waals surface area contributed by atoms with Crippen LogP contribution in [0.3, 0.4) is 0 Å². The molecule has 0 atom stereocenters. The highest BCUT2D eigenvalue weighted by atomic mass is 35.5. The number of nitrogens with one attached hydrogen (secondary N) is 1. The second-order valence-corrected chi connectivity index (χ2v) is 6.07. The molecule has 0 aliphatic rings. The van der Waals surface area contributed by atoms with E-state index in [0.29, 0.717) is 0 Å². The number of rotatable bonds is 3. The summed E-state index contributed by atoms with van der Waals surface area (Å²) in [6.07, 6.45) is 0. The average Bonchev–Trinajstić information content (AvgIpc) is 2.35. The van der Waals surface area contributed by atoms with Gasteiger partial charge in [0.15, 0.2) is 0 Å². The normalized spacial score (nSPS) is 11.3. The third-order valence-corrected chi connectivity index (χ3v) is 4.66. The Balaban J connectivity index is 2.44. The van der Waals surface area contributed by atoms with Gasteiger partial charge in [0.1, 0.15) is 10.7 Å². The Bertz CT molecular complexity index is 719. The molecule has 0 radical (unpaired) electrons. The Kier molecular flexibility index (Phi) is 3.99. The molecule has 7 heteroatoms. The zero-order valence-corrected chi connectivity index (χ0v) is 11.7. The van der Waals surface area contributed by atoms with E-state index in [1.54, 1.807) is 0 Å². The largest absolute Gasteiger partial charge is 0.277 e. The summed E-state index contributed by atoms with van der Waals surface area (Å²) in [5.41, 5.74) is -0.154. The lowest BCUT2D eigenvalue weighted by atomic mass is 10.3. The summed E-state index contributed by atoms with van der Waals surface area (Å²) in [5, 5.41) is 0.00563. The Morgan fingerprint density at radius 3 is 2.37 bits per heavy atom. The fourth-order valence-corrected chi connectivity index (χ4v) is 3.27. The first-order valence-corrected chi connectivity index (χ1v) is 7.37. The van der Waals surface area contributed by atoms with Crippen molar-refractivity contribution in [2.75, 3.05) is 4.72 Å². The lowest BCUT2D eigenvalue weighted by Crippen LogP contribution is -2.14. The summed E-state index contributed by atoms with van der Waals surface area (Å²) in [5.74, 6) is -0.677. The predicted octanol–water partition coefficient (Wildman–Crippen LogP) is 3.93. The van der Waals surface area contributed by atoms with Gasteiger partial charge in [0.25, 0.3) is 10.0 Å². The third-order valence-electron chi connectivity index (χ3n) is 2.32. The van der Waals surface area contributed by atoms with Gasteiger partial charge in [-0.2, -0.15) is 0 Å². The molecule has 2 rings (SSSR count). The summed E-state index contributed by atoms with van der Waals surface area (Å²) in [7, 11) is -4.00. The fourth-order valence-electron chi connectivity index (χ4n) is 1.44. The number of benzene rings is 2. The highest BCUT2D eigenvalue weighted by molar-refractivity contribution is 7.92. The lowest BCUT2D eigenvalue weighted by Gasteiger charge is -2.10. The fraction of sp³-hybridized carbons (Fsp3) is 0. The molecule has 0 heterocycles. The molecule has 0 unspecified atom stereocenters. The van der Waals surface area contributed by atoms with Crippen molar-refractivity contribution in [3.63, 3.8) is 0 Å².